The summed E-state index contributed by atoms with van der Waals surface area (Å²) in [4.78, 5) is 18.1. The van der Waals surface area contributed by atoms with E-state index < -0.39 is 12.2 Å². The molecule has 4 atom stereocenters. The summed E-state index contributed by atoms with van der Waals surface area (Å²) in [5.74, 6) is 0.691. The van der Waals surface area contributed by atoms with Crippen LogP contribution < -0.4 is 10.6 Å². The van der Waals surface area contributed by atoms with Crippen molar-refractivity contribution in [2.75, 3.05) is 37.6 Å². The van der Waals surface area contributed by atoms with E-state index in [1.165, 1.54) is 0 Å². The van der Waals surface area contributed by atoms with Crippen molar-refractivity contribution in [1.29, 1.82) is 5.26 Å². The van der Waals surface area contributed by atoms with Crippen molar-refractivity contribution < 1.29 is 9.13 Å². The Bertz CT molecular complexity index is 1350. The number of pyridine rings is 1. The topological polar surface area (TPSA) is 104 Å². The number of benzene rings is 1. The van der Waals surface area contributed by atoms with Crippen molar-refractivity contribution in [3.8, 4) is 6.07 Å². The van der Waals surface area contributed by atoms with Gasteiger partial charge in [0, 0.05) is 42.6 Å². The van der Waals surface area contributed by atoms with Crippen molar-refractivity contribution >= 4 is 16.9 Å². The van der Waals surface area contributed by atoms with Crippen LogP contribution >= 0.6 is 0 Å². The Hall–Kier alpha value is -3.19. The Kier molecular flexibility index (Phi) is 14.4. The highest BCUT2D eigenvalue weighted by Gasteiger charge is 2.27. The van der Waals surface area contributed by atoms with Crippen LogP contribution in [0.2, 0.25) is 0 Å². The zero-order valence-electron chi connectivity index (χ0n) is 27.6. The van der Waals surface area contributed by atoms with Crippen molar-refractivity contribution in [1.82, 2.24) is 19.9 Å². The first-order valence-electron chi connectivity index (χ1n) is 16.3. The fourth-order valence-electron chi connectivity index (χ4n) is 5.50. The summed E-state index contributed by atoms with van der Waals surface area (Å²) in [6.07, 6.45) is 7.00. The highest BCUT2D eigenvalue weighted by molar-refractivity contribution is 5.86. The monoisotopic (exact) mass is 605 g/mol. The maximum absolute atomic E-state index is 13.7. The molecule has 0 saturated carbocycles. The van der Waals surface area contributed by atoms with E-state index in [0.29, 0.717) is 37.1 Å². The number of rotatable bonds is 13. The lowest BCUT2D eigenvalue weighted by Gasteiger charge is -2.33. The van der Waals surface area contributed by atoms with E-state index in [1.807, 2.05) is 43.0 Å². The minimum absolute atomic E-state index is 0.289. The predicted molar refractivity (Wildman–Crippen MR) is 178 cm³/mol. The number of anilines is 1. The molecule has 1 fully saturated rings. The van der Waals surface area contributed by atoms with Crippen LogP contribution in [0.1, 0.15) is 82.3 Å². The largest absolute Gasteiger partial charge is 0.374 e. The highest BCUT2D eigenvalue weighted by Crippen LogP contribution is 2.20. The van der Waals surface area contributed by atoms with Gasteiger partial charge in [-0.05, 0) is 96.1 Å². The van der Waals surface area contributed by atoms with Gasteiger partial charge in [-0.3, -0.25) is 4.98 Å². The molecule has 0 spiro atoms. The van der Waals surface area contributed by atoms with Crippen LogP contribution in [0.15, 0.2) is 36.5 Å². The average molecular weight is 606 g/mol. The minimum Gasteiger partial charge on any atom is -0.374 e. The number of nitrogens with two attached hydrogens (primary N) is 1. The van der Waals surface area contributed by atoms with Gasteiger partial charge in [0.05, 0.1) is 29.3 Å². The Morgan fingerprint density at radius 3 is 2.64 bits per heavy atom. The lowest BCUT2D eigenvalue weighted by atomic mass is 10.1. The molecule has 0 bridgehead atoms. The fourth-order valence-corrected chi connectivity index (χ4v) is 5.50. The molecule has 1 aliphatic rings. The number of aryl methyl sites for hydroxylation is 3. The molecule has 1 aliphatic heterocycles. The van der Waals surface area contributed by atoms with E-state index in [4.69, 9.17) is 20.7 Å². The van der Waals surface area contributed by atoms with E-state index in [1.54, 1.807) is 6.20 Å². The first-order chi connectivity index (χ1) is 21.2. The van der Waals surface area contributed by atoms with Gasteiger partial charge in [-0.2, -0.15) is 5.26 Å². The van der Waals surface area contributed by atoms with Crippen molar-refractivity contribution in [3.05, 3.63) is 59.0 Å². The molecule has 0 aliphatic carbocycles. The second kappa shape index (κ2) is 17.9. The molecule has 8 nitrogen and oxygen atoms in total. The molecule has 44 heavy (non-hydrogen) atoms. The van der Waals surface area contributed by atoms with Gasteiger partial charge >= 0.3 is 0 Å². The molecule has 2 N–H and O–H groups in total. The van der Waals surface area contributed by atoms with Gasteiger partial charge in [0.1, 0.15) is 12.2 Å². The normalized spacial score (nSPS) is 18.0. The number of nitrogens with zero attached hydrogens (tertiary/aromatic N) is 6. The van der Waals surface area contributed by atoms with Crippen molar-refractivity contribution in [3.63, 3.8) is 0 Å². The van der Waals surface area contributed by atoms with Crippen LogP contribution in [0, 0.1) is 25.2 Å². The van der Waals surface area contributed by atoms with Gasteiger partial charge < -0.3 is 20.3 Å². The quantitative estimate of drug-likeness (QED) is 0.242. The van der Waals surface area contributed by atoms with Crippen LogP contribution in [0.5, 0.6) is 0 Å². The third-order valence-corrected chi connectivity index (χ3v) is 8.22. The summed E-state index contributed by atoms with van der Waals surface area (Å²) in [5.41, 5.74) is 10.5. The Labute approximate surface area is 263 Å². The van der Waals surface area contributed by atoms with E-state index in [2.05, 4.69) is 54.7 Å². The Morgan fingerprint density at radius 2 is 1.95 bits per heavy atom. The number of ether oxygens (including phenoxy) is 1. The first kappa shape index (κ1) is 35.3. The van der Waals surface area contributed by atoms with Gasteiger partial charge in [-0.15, -0.1) is 0 Å². The number of alkyl halides is 1. The summed E-state index contributed by atoms with van der Waals surface area (Å²) >= 11 is 0. The minimum atomic E-state index is -0.929. The third-order valence-electron chi connectivity index (χ3n) is 8.22. The first-order valence-corrected chi connectivity index (χ1v) is 16.3. The standard InChI is InChI=1S/C24H44FN5O.C11H8N2/c1-6-12-29(16-21(8-3)31-19(5)7-2)13-9-10-20-15-18(4)27-24(28-20)30-14-11-22(25)23(26)17-30;1-8-4-5-9(7-12)11-10(8)3-2-6-13-11/h15,19,21-23H,6-14,16-17,26H2,1-5H3;2-6H,1H3. The molecule has 3 heterocycles. The summed E-state index contributed by atoms with van der Waals surface area (Å²) in [7, 11) is 0. The molecule has 9 heteroatoms. The van der Waals surface area contributed by atoms with Gasteiger partial charge in [-0.1, -0.05) is 32.9 Å². The molecule has 2 aromatic heterocycles. The van der Waals surface area contributed by atoms with Gasteiger partial charge in [0.2, 0.25) is 5.95 Å². The summed E-state index contributed by atoms with van der Waals surface area (Å²) in [6.45, 7) is 17.0. The number of fused-ring (bicyclic) bond motifs is 1. The second-order valence-corrected chi connectivity index (χ2v) is 11.9. The van der Waals surface area contributed by atoms with E-state index >= 15 is 0 Å². The van der Waals surface area contributed by atoms with Crippen molar-refractivity contribution in [2.24, 2.45) is 5.73 Å². The zero-order valence-corrected chi connectivity index (χ0v) is 27.6. The van der Waals surface area contributed by atoms with Gasteiger partial charge in [0.25, 0.3) is 0 Å². The molecule has 1 aromatic carbocycles. The number of hydrogen-bond acceptors (Lipinski definition) is 8. The molecule has 4 rings (SSSR count). The average Bonchev–Trinajstić information content (AvgIpc) is 3.02. The highest BCUT2D eigenvalue weighted by atomic mass is 19.1. The van der Waals surface area contributed by atoms with E-state index in [0.717, 1.165) is 79.6 Å². The van der Waals surface area contributed by atoms with Crippen LogP contribution in [0.3, 0.4) is 0 Å². The van der Waals surface area contributed by atoms with Crippen LogP contribution in [-0.2, 0) is 11.2 Å². The maximum atomic E-state index is 13.7. The number of nitriles is 1. The maximum Gasteiger partial charge on any atom is 0.225 e. The van der Waals surface area contributed by atoms with Crippen LogP contribution in [-0.4, -0.2) is 77.0 Å². The molecule has 4 unspecified atom stereocenters. The molecule has 0 amide bonds. The smallest absolute Gasteiger partial charge is 0.225 e. The van der Waals surface area contributed by atoms with Crippen LogP contribution in [0.25, 0.3) is 10.9 Å². The molecule has 3 aromatic rings. The number of hydrogen-bond donors (Lipinski definition) is 1. The Balaban J connectivity index is 0.000000335. The summed E-state index contributed by atoms with van der Waals surface area (Å²) in [5, 5.41) is 9.89. The van der Waals surface area contributed by atoms with Crippen LogP contribution in [0.4, 0.5) is 10.3 Å². The SMILES string of the molecule is CCCN(CCCc1cc(C)nc(N2CCC(F)C(N)C2)n1)CC(CC)OC(C)CC.Cc1ccc(C#N)c2ncccc12. The number of piperidine rings is 1. The van der Waals surface area contributed by atoms with Gasteiger partial charge in [0.15, 0.2) is 0 Å². The Morgan fingerprint density at radius 1 is 1.16 bits per heavy atom. The molecule has 0 radical (unpaired) electrons. The molecule has 240 valence electrons. The number of aromatic nitrogens is 3. The van der Waals surface area contributed by atoms with E-state index in [-0.39, 0.29) is 6.10 Å². The van der Waals surface area contributed by atoms with Gasteiger partial charge in [-0.25, -0.2) is 14.4 Å². The third kappa shape index (κ3) is 10.5. The van der Waals surface area contributed by atoms with E-state index in [9.17, 15) is 4.39 Å². The fraction of sp³-hybridized carbons (Fsp3) is 0.600. The summed E-state index contributed by atoms with van der Waals surface area (Å²) in [6, 6.07) is 11.4. The molecular formula is C35H52FN7O. The predicted octanol–water partition coefficient (Wildman–Crippen LogP) is 6.31. The second-order valence-electron chi connectivity index (χ2n) is 11.9. The van der Waals surface area contributed by atoms with Crippen molar-refractivity contribution in [2.45, 2.75) is 104 Å². The lowest BCUT2D eigenvalue weighted by molar-refractivity contribution is -0.0235. The zero-order chi connectivity index (χ0) is 32.1. The summed E-state index contributed by atoms with van der Waals surface area (Å²) < 4.78 is 19.9. The lowest BCUT2D eigenvalue weighted by Crippen LogP contribution is -2.50. The molecular weight excluding hydrogens is 553 g/mol. The molecule has 1 saturated heterocycles. The number of halogens is 1.